The third-order valence-electron chi connectivity index (χ3n) is 5.60. The first kappa shape index (κ1) is 18.1. The van der Waals surface area contributed by atoms with Crippen LogP contribution in [0.5, 0.6) is 0 Å². The Balaban J connectivity index is 2.14. The van der Waals surface area contributed by atoms with E-state index < -0.39 is 0 Å². The van der Waals surface area contributed by atoms with E-state index in [1.807, 2.05) is 24.3 Å². The summed E-state index contributed by atoms with van der Waals surface area (Å²) in [7, 11) is 0. The van der Waals surface area contributed by atoms with Gasteiger partial charge in [-0.2, -0.15) is 0 Å². The van der Waals surface area contributed by atoms with E-state index in [0.29, 0.717) is 18.1 Å². The molecule has 2 aromatic carbocycles. The Morgan fingerprint density at radius 2 is 1.89 bits per heavy atom. The first-order valence-corrected chi connectivity index (χ1v) is 9.65. The van der Waals surface area contributed by atoms with Crippen LogP contribution in [0.1, 0.15) is 23.7 Å². The van der Waals surface area contributed by atoms with Gasteiger partial charge in [0, 0.05) is 35.6 Å². The summed E-state index contributed by atoms with van der Waals surface area (Å²) >= 11 is 6.12. The van der Waals surface area contributed by atoms with Gasteiger partial charge in [-0.3, -0.25) is 4.79 Å². The Labute approximate surface area is 164 Å². The fraction of sp³-hybridized carbons (Fsp3) is 0.318. The number of hydrogen-bond donors (Lipinski definition) is 1. The summed E-state index contributed by atoms with van der Waals surface area (Å²) in [6, 6.07) is 10.1. The molecule has 0 bridgehead atoms. The lowest BCUT2D eigenvalue weighted by atomic mass is 9.88. The maximum atomic E-state index is 12.1. The van der Waals surface area contributed by atoms with Crippen LogP contribution in [-0.4, -0.2) is 23.6 Å². The zero-order chi connectivity index (χ0) is 19.3. The molecule has 0 saturated heterocycles. The van der Waals surface area contributed by atoms with Crippen LogP contribution in [0.4, 0.5) is 5.69 Å². The van der Waals surface area contributed by atoms with Gasteiger partial charge in [-0.1, -0.05) is 23.7 Å². The number of Topliss-reactive ketones (excluding diaryl/α,β-unsaturated/α-hetero) is 1. The summed E-state index contributed by atoms with van der Waals surface area (Å²) in [6.07, 6.45) is 0.412. The molecule has 0 radical (unpaired) electrons. The first-order valence-electron chi connectivity index (χ1n) is 9.28. The molecule has 0 atom stereocenters. The lowest BCUT2D eigenvalue weighted by Gasteiger charge is -2.33. The van der Waals surface area contributed by atoms with E-state index in [0.717, 1.165) is 35.3 Å². The molecule has 0 amide bonds. The normalized spacial score (nSPS) is 13.4. The molecule has 5 heteroatoms. The quantitative estimate of drug-likeness (QED) is 0.726. The van der Waals surface area contributed by atoms with Gasteiger partial charge in [0.1, 0.15) is 5.78 Å². The van der Waals surface area contributed by atoms with Gasteiger partial charge < -0.3 is 15.2 Å². The summed E-state index contributed by atoms with van der Waals surface area (Å²) in [5.74, 6) is 0.158. The van der Waals surface area contributed by atoms with E-state index in [9.17, 15) is 4.79 Å². The van der Waals surface area contributed by atoms with Gasteiger partial charge in [0.05, 0.1) is 17.9 Å². The van der Waals surface area contributed by atoms with Gasteiger partial charge in [-0.25, -0.2) is 0 Å². The predicted octanol–water partition coefficient (Wildman–Crippen LogP) is 4.45. The second kappa shape index (κ2) is 6.70. The lowest BCUT2D eigenvalue weighted by Crippen LogP contribution is -2.37. The van der Waals surface area contributed by atoms with Crippen LogP contribution in [0.3, 0.4) is 0 Å². The predicted molar refractivity (Wildman–Crippen MR) is 113 cm³/mol. The van der Waals surface area contributed by atoms with Crippen molar-refractivity contribution in [3.8, 4) is 11.1 Å². The molecule has 2 heterocycles. The number of anilines is 1. The maximum Gasteiger partial charge on any atom is 0.134 e. The van der Waals surface area contributed by atoms with Crippen LogP contribution in [-0.2, 0) is 17.8 Å². The Morgan fingerprint density at radius 1 is 1.19 bits per heavy atom. The zero-order valence-electron chi connectivity index (χ0n) is 16.0. The fourth-order valence-corrected chi connectivity index (χ4v) is 4.53. The van der Waals surface area contributed by atoms with Crippen molar-refractivity contribution >= 4 is 34.0 Å². The van der Waals surface area contributed by atoms with Crippen molar-refractivity contribution in [3.63, 3.8) is 0 Å². The molecule has 140 valence electrons. The van der Waals surface area contributed by atoms with E-state index in [1.165, 1.54) is 22.3 Å². The highest BCUT2D eigenvalue weighted by Gasteiger charge is 2.27. The number of carbonyl (C=O) groups is 1. The second-order valence-corrected chi connectivity index (χ2v) is 7.79. The SMILES string of the molecule is CC(=O)Cc1c(C)c2c3c(cc(C)n3CCN2CN)c1-c1ccc(Cl)cc1. The van der Waals surface area contributed by atoms with Crippen LogP contribution in [0.15, 0.2) is 30.3 Å². The standard InChI is InChI=1S/C22H24ClN3O/c1-13-10-19-20(16-4-6-17(23)7-5-16)18(11-14(2)27)15(3)21-22(19)26(13)9-8-25(21)12-24/h4-7,10H,8-9,11-12,24H2,1-3H3. The van der Waals surface area contributed by atoms with Crippen molar-refractivity contribution in [1.82, 2.24) is 4.57 Å². The number of aryl methyl sites for hydroxylation is 1. The van der Waals surface area contributed by atoms with Crippen LogP contribution in [0, 0.1) is 13.8 Å². The van der Waals surface area contributed by atoms with Gasteiger partial charge >= 0.3 is 0 Å². The fourth-order valence-electron chi connectivity index (χ4n) is 4.40. The number of halogens is 1. The average Bonchev–Trinajstić information content (AvgIpc) is 2.97. The first-order chi connectivity index (χ1) is 12.9. The molecule has 1 aliphatic rings. The summed E-state index contributed by atoms with van der Waals surface area (Å²) in [5.41, 5.74) is 14.1. The minimum Gasteiger partial charge on any atom is -0.355 e. The molecule has 1 aliphatic heterocycles. The summed E-state index contributed by atoms with van der Waals surface area (Å²) in [6.45, 7) is 8.19. The number of nitrogens with zero attached hydrogens (tertiary/aromatic N) is 2. The summed E-state index contributed by atoms with van der Waals surface area (Å²) in [4.78, 5) is 14.3. The Bertz CT molecular complexity index is 1050. The van der Waals surface area contributed by atoms with E-state index in [1.54, 1.807) is 6.92 Å². The van der Waals surface area contributed by atoms with Crippen molar-refractivity contribution in [2.75, 3.05) is 18.1 Å². The minimum atomic E-state index is 0.158. The molecule has 4 rings (SSSR count). The second-order valence-electron chi connectivity index (χ2n) is 7.36. The van der Waals surface area contributed by atoms with E-state index in [2.05, 4.69) is 29.4 Å². The number of hydrogen-bond acceptors (Lipinski definition) is 3. The molecule has 3 aromatic rings. The van der Waals surface area contributed by atoms with E-state index in [-0.39, 0.29) is 5.78 Å². The molecule has 0 spiro atoms. The number of nitrogens with two attached hydrogens (primary N) is 1. The summed E-state index contributed by atoms with van der Waals surface area (Å²) in [5, 5.41) is 1.89. The highest BCUT2D eigenvalue weighted by molar-refractivity contribution is 6.30. The molecule has 27 heavy (non-hydrogen) atoms. The molecule has 1 aromatic heterocycles. The number of rotatable bonds is 4. The van der Waals surface area contributed by atoms with Gasteiger partial charge in [0.15, 0.2) is 0 Å². The number of ketones is 1. The molecule has 4 nitrogen and oxygen atoms in total. The van der Waals surface area contributed by atoms with Gasteiger partial charge in [-0.15, -0.1) is 0 Å². The van der Waals surface area contributed by atoms with Gasteiger partial charge in [0.25, 0.3) is 0 Å². The number of carbonyl (C=O) groups excluding carboxylic acids is 1. The van der Waals surface area contributed by atoms with Crippen molar-refractivity contribution in [3.05, 3.63) is 52.2 Å². The van der Waals surface area contributed by atoms with Gasteiger partial charge in [0.2, 0.25) is 0 Å². The highest BCUT2D eigenvalue weighted by atomic mass is 35.5. The minimum absolute atomic E-state index is 0.158. The largest absolute Gasteiger partial charge is 0.355 e. The van der Waals surface area contributed by atoms with Crippen LogP contribution >= 0.6 is 11.6 Å². The van der Waals surface area contributed by atoms with E-state index >= 15 is 0 Å². The number of benzene rings is 2. The van der Waals surface area contributed by atoms with Crippen LogP contribution in [0.2, 0.25) is 5.02 Å². The summed E-state index contributed by atoms with van der Waals surface area (Å²) < 4.78 is 2.38. The molecule has 0 saturated carbocycles. The average molecular weight is 382 g/mol. The van der Waals surface area contributed by atoms with Crippen molar-refractivity contribution in [2.24, 2.45) is 5.73 Å². The van der Waals surface area contributed by atoms with Gasteiger partial charge in [-0.05, 0) is 61.2 Å². The Morgan fingerprint density at radius 3 is 2.52 bits per heavy atom. The topological polar surface area (TPSA) is 51.3 Å². The van der Waals surface area contributed by atoms with Crippen molar-refractivity contribution in [1.29, 1.82) is 0 Å². The zero-order valence-corrected chi connectivity index (χ0v) is 16.7. The molecule has 0 unspecified atom stereocenters. The van der Waals surface area contributed by atoms with Crippen LogP contribution < -0.4 is 10.6 Å². The third-order valence-corrected chi connectivity index (χ3v) is 5.85. The van der Waals surface area contributed by atoms with Crippen molar-refractivity contribution in [2.45, 2.75) is 33.7 Å². The molecule has 0 aliphatic carbocycles. The maximum absolute atomic E-state index is 12.1. The molecular formula is C22H24ClN3O. The highest BCUT2D eigenvalue weighted by Crippen LogP contribution is 2.44. The van der Waals surface area contributed by atoms with Crippen molar-refractivity contribution < 1.29 is 4.79 Å². The monoisotopic (exact) mass is 381 g/mol. The molecular weight excluding hydrogens is 358 g/mol. The molecule has 0 fully saturated rings. The third kappa shape index (κ3) is 2.84. The van der Waals surface area contributed by atoms with Crippen LogP contribution in [0.25, 0.3) is 22.0 Å². The molecule has 2 N–H and O–H groups in total. The lowest BCUT2D eigenvalue weighted by molar-refractivity contribution is -0.116. The Kier molecular flexibility index (Phi) is 4.49. The van der Waals surface area contributed by atoms with E-state index in [4.69, 9.17) is 17.3 Å². The Hall–Kier alpha value is -2.30. The smallest absolute Gasteiger partial charge is 0.134 e. The number of aromatic nitrogens is 1.